The van der Waals surface area contributed by atoms with Gasteiger partial charge in [0.15, 0.2) is 0 Å². The Hall–Kier alpha value is -2.69. The lowest BCUT2D eigenvalue weighted by Gasteiger charge is -2.26. The fourth-order valence-corrected chi connectivity index (χ4v) is 2.95. The lowest BCUT2D eigenvalue weighted by atomic mass is 10.00. The topological polar surface area (TPSA) is 56.8 Å². The second kappa shape index (κ2) is 6.83. The lowest BCUT2D eigenvalue weighted by molar-refractivity contribution is 0.0924. The zero-order chi connectivity index (χ0) is 17.1. The Balaban J connectivity index is 1.86. The Kier molecular flexibility index (Phi) is 4.60. The van der Waals surface area contributed by atoms with Crippen LogP contribution in [0, 0.1) is 6.92 Å². The molecular weight excluding hydrogens is 306 g/mol. The van der Waals surface area contributed by atoms with E-state index in [-0.39, 0.29) is 11.9 Å². The number of carbonyl (C=O) groups is 1. The maximum atomic E-state index is 12.7. The van der Waals surface area contributed by atoms with Crippen molar-refractivity contribution < 1.29 is 19.0 Å². The molecule has 1 atom stereocenters. The number of rotatable bonds is 4. The third kappa shape index (κ3) is 3.02. The van der Waals surface area contributed by atoms with Crippen molar-refractivity contribution in [2.45, 2.75) is 19.4 Å². The van der Waals surface area contributed by atoms with E-state index >= 15 is 0 Å². The van der Waals surface area contributed by atoms with E-state index in [1.54, 1.807) is 26.4 Å². The molecule has 5 nitrogen and oxygen atoms in total. The van der Waals surface area contributed by atoms with E-state index in [4.69, 9.17) is 14.2 Å². The van der Waals surface area contributed by atoms with E-state index < -0.39 is 0 Å². The first-order valence-electron chi connectivity index (χ1n) is 7.89. The molecule has 5 heteroatoms. The van der Waals surface area contributed by atoms with E-state index in [1.807, 2.05) is 31.2 Å². The van der Waals surface area contributed by atoms with Gasteiger partial charge in [-0.3, -0.25) is 4.79 Å². The Morgan fingerprint density at radius 1 is 1.17 bits per heavy atom. The van der Waals surface area contributed by atoms with Crippen LogP contribution in [0.5, 0.6) is 17.2 Å². The van der Waals surface area contributed by atoms with Crippen LogP contribution in [-0.2, 0) is 0 Å². The van der Waals surface area contributed by atoms with Crippen LogP contribution in [0.25, 0.3) is 0 Å². The average molecular weight is 327 g/mol. The maximum Gasteiger partial charge on any atom is 0.252 e. The molecule has 0 fully saturated rings. The molecule has 1 unspecified atom stereocenters. The van der Waals surface area contributed by atoms with E-state index in [2.05, 4.69) is 5.32 Å². The van der Waals surface area contributed by atoms with Crippen LogP contribution in [0.1, 0.15) is 33.9 Å². The van der Waals surface area contributed by atoms with Crippen molar-refractivity contribution in [2.24, 2.45) is 0 Å². The number of fused-ring (bicyclic) bond motifs is 1. The standard InChI is InChI=1S/C19H21NO4/c1-12-17(22-2)10-13(11-18(12)23-3)19(21)20-15-8-9-24-16-7-5-4-6-14(15)16/h4-7,10-11,15H,8-9H2,1-3H3,(H,20,21). The van der Waals surface area contributed by atoms with Crippen LogP contribution in [0.3, 0.4) is 0 Å². The van der Waals surface area contributed by atoms with Gasteiger partial charge in [0.2, 0.25) is 0 Å². The zero-order valence-electron chi connectivity index (χ0n) is 14.1. The predicted molar refractivity (Wildman–Crippen MR) is 91.0 cm³/mol. The number of ether oxygens (including phenoxy) is 3. The van der Waals surface area contributed by atoms with Crippen molar-refractivity contribution in [2.75, 3.05) is 20.8 Å². The summed E-state index contributed by atoms with van der Waals surface area (Å²) in [5.41, 5.74) is 2.38. The summed E-state index contributed by atoms with van der Waals surface area (Å²) in [5, 5.41) is 3.08. The SMILES string of the molecule is COc1cc(C(=O)NC2CCOc3ccccc32)cc(OC)c1C. The summed E-state index contributed by atoms with van der Waals surface area (Å²) in [7, 11) is 3.16. The van der Waals surface area contributed by atoms with Gasteiger partial charge in [-0.15, -0.1) is 0 Å². The molecule has 1 aliphatic heterocycles. The average Bonchev–Trinajstić information content (AvgIpc) is 2.62. The molecule has 0 aromatic heterocycles. The minimum atomic E-state index is -0.159. The molecule has 0 bridgehead atoms. The number of benzene rings is 2. The Bertz CT molecular complexity index is 732. The Morgan fingerprint density at radius 2 is 1.83 bits per heavy atom. The molecule has 2 aromatic rings. The summed E-state index contributed by atoms with van der Waals surface area (Å²) in [6.07, 6.45) is 0.739. The molecule has 0 saturated carbocycles. The zero-order valence-corrected chi connectivity index (χ0v) is 14.1. The van der Waals surface area contributed by atoms with Gasteiger partial charge in [0.25, 0.3) is 5.91 Å². The van der Waals surface area contributed by atoms with Gasteiger partial charge < -0.3 is 19.5 Å². The summed E-state index contributed by atoms with van der Waals surface area (Å²) >= 11 is 0. The van der Waals surface area contributed by atoms with Gasteiger partial charge in [-0.25, -0.2) is 0 Å². The van der Waals surface area contributed by atoms with E-state index in [0.29, 0.717) is 23.7 Å². The predicted octanol–water partition coefficient (Wildman–Crippen LogP) is 3.27. The summed E-state index contributed by atoms with van der Waals surface area (Å²) < 4.78 is 16.3. The molecule has 1 aliphatic rings. The fraction of sp³-hybridized carbons (Fsp3) is 0.316. The van der Waals surface area contributed by atoms with Gasteiger partial charge in [0.05, 0.1) is 26.9 Å². The van der Waals surface area contributed by atoms with Crippen molar-refractivity contribution >= 4 is 5.91 Å². The van der Waals surface area contributed by atoms with Crippen LogP contribution < -0.4 is 19.5 Å². The number of nitrogens with one attached hydrogen (secondary N) is 1. The minimum Gasteiger partial charge on any atom is -0.496 e. The second-order valence-corrected chi connectivity index (χ2v) is 5.71. The first-order chi connectivity index (χ1) is 11.6. The van der Waals surface area contributed by atoms with Gasteiger partial charge in [-0.2, -0.15) is 0 Å². The molecule has 1 amide bonds. The monoisotopic (exact) mass is 327 g/mol. The summed E-state index contributed by atoms with van der Waals surface area (Å²) in [6, 6.07) is 11.2. The van der Waals surface area contributed by atoms with Gasteiger partial charge in [0, 0.05) is 23.1 Å². The van der Waals surface area contributed by atoms with Crippen molar-refractivity contribution in [3.63, 3.8) is 0 Å². The molecule has 0 aliphatic carbocycles. The molecule has 3 rings (SSSR count). The van der Waals surface area contributed by atoms with Gasteiger partial charge >= 0.3 is 0 Å². The largest absolute Gasteiger partial charge is 0.496 e. The first kappa shape index (κ1) is 16.2. The molecule has 0 saturated heterocycles. The Morgan fingerprint density at radius 3 is 2.50 bits per heavy atom. The molecule has 0 spiro atoms. The molecule has 1 N–H and O–H groups in total. The van der Waals surface area contributed by atoms with E-state index in [1.165, 1.54) is 0 Å². The smallest absolute Gasteiger partial charge is 0.252 e. The minimum absolute atomic E-state index is 0.0688. The van der Waals surface area contributed by atoms with Crippen LogP contribution in [0.4, 0.5) is 0 Å². The molecule has 0 radical (unpaired) electrons. The van der Waals surface area contributed by atoms with Crippen molar-refractivity contribution in [3.05, 3.63) is 53.1 Å². The summed E-state index contributed by atoms with van der Waals surface area (Å²) in [5.74, 6) is 1.93. The van der Waals surface area contributed by atoms with Gasteiger partial charge in [0.1, 0.15) is 17.2 Å². The van der Waals surface area contributed by atoms with Crippen molar-refractivity contribution in [3.8, 4) is 17.2 Å². The van der Waals surface area contributed by atoms with Crippen LogP contribution in [0.15, 0.2) is 36.4 Å². The summed E-state index contributed by atoms with van der Waals surface area (Å²) in [4.78, 5) is 12.7. The number of methoxy groups -OCH3 is 2. The van der Waals surface area contributed by atoms with Crippen LogP contribution >= 0.6 is 0 Å². The Labute approximate surface area is 141 Å². The van der Waals surface area contributed by atoms with Gasteiger partial charge in [-0.05, 0) is 25.1 Å². The van der Waals surface area contributed by atoms with E-state index in [9.17, 15) is 4.79 Å². The highest BCUT2D eigenvalue weighted by Crippen LogP contribution is 2.33. The fourth-order valence-electron chi connectivity index (χ4n) is 2.95. The van der Waals surface area contributed by atoms with E-state index in [0.717, 1.165) is 23.3 Å². The highest BCUT2D eigenvalue weighted by Gasteiger charge is 2.24. The van der Waals surface area contributed by atoms with Crippen molar-refractivity contribution in [1.29, 1.82) is 0 Å². The normalized spacial score (nSPS) is 15.9. The third-order valence-corrected chi connectivity index (χ3v) is 4.28. The third-order valence-electron chi connectivity index (χ3n) is 4.28. The maximum absolute atomic E-state index is 12.7. The van der Waals surface area contributed by atoms with Crippen molar-refractivity contribution in [1.82, 2.24) is 5.32 Å². The molecule has 24 heavy (non-hydrogen) atoms. The highest BCUT2D eigenvalue weighted by atomic mass is 16.5. The number of carbonyl (C=O) groups excluding carboxylic acids is 1. The second-order valence-electron chi connectivity index (χ2n) is 5.71. The summed E-state index contributed by atoms with van der Waals surface area (Å²) in [6.45, 7) is 2.48. The molecule has 126 valence electrons. The van der Waals surface area contributed by atoms with Crippen LogP contribution in [-0.4, -0.2) is 26.7 Å². The van der Waals surface area contributed by atoms with Gasteiger partial charge in [-0.1, -0.05) is 18.2 Å². The molecule has 2 aromatic carbocycles. The lowest BCUT2D eigenvalue weighted by Crippen LogP contribution is -2.32. The first-order valence-corrected chi connectivity index (χ1v) is 7.89. The number of para-hydroxylation sites is 1. The van der Waals surface area contributed by atoms with Crippen LogP contribution in [0.2, 0.25) is 0 Å². The molecular formula is C19H21NO4. The number of hydrogen-bond acceptors (Lipinski definition) is 4. The number of amides is 1. The highest BCUT2D eigenvalue weighted by molar-refractivity contribution is 5.95. The number of hydrogen-bond donors (Lipinski definition) is 1. The molecule has 1 heterocycles. The quantitative estimate of drug-likeness (QED) is 0.936.